The number of aromatic nitrogens is 5. The number of benzene rings is 5. The maximum Gasteiger partial charge on any atom is 0.347 e. The number of likely N-dealkylation sites (tertiary alicyclic amines) is 1. The van der Waals surface area contributed by atoms with Gasteiger partial charge in [-0.1, -0.05) is 153 Å². The number of carbonyl (C=O) groups is 3. The molecule has 5 aromatic carbocycles. The zero-order chi connectivity index (χ0) is 42.2. The first kappa shape index (κ1) is 40.7. The number of methoxy groups -OCH3 is 1. The summed E-state index contributed by atoms with van der Waals surface area (Å²) in [6, 6.07) is 49.3. The molecule has 7 aromatic rings. The van der Waals surface area contributed by atoms with Crippen LogP contribution in [0, 0.1) is 0 Å². The molecule has 0 radical (unpaired) electrons. The molecule has 1 aliphatic rings. The molecule has 2 aromatic heterocycles. The number of Topliss-reactive ketones (excluding diaryl/α,β-unsaturated/α-hetero) is 1. The molecule has 1 aliphatic heterocycles. The van der Waals surface area contributed by atoms with E-state index in [1.165, 1.54) is 12.0 Å². The van der Waals surface area contributed by atoms with E-state index in [0.717, 1.165) is 38.9 Å². The minimum atomic E-state index is -1.53. The van der Waals surface area contributed by atoms with Crippen molar-refractivity contribution in [2.75, 3.05) is 13.7 Å². The Labute approximate surface area is 355 Å². The fourth-order valence-electron chi connectivity index (χ4n) is 8.77. The van der Waals surface area contributed by atoms with Crippen molar-refractivity contribution < 1.29 is 19.1 Å². The van der Waals surface area contributed by atoms with Crippen LogP contribution in [0.1, 0.15) is 66.5 Å². The third-order valence-electron chi connectivity index (χ3n) is 11.6. The van der Waals surface area contributed by atoms with Gasteiger partial charge in [-0.2, -0.15) is 0 Å². The smallest absolute Gasteiger partial charge is 0.347 e. The fraction of sp³-hybridized carbons (Fsp3) is 0.220. The molecule has 11 heteroatoms. The highest BCUT2D eigenvalue weighted by Gasteiger charge is 2.52. The number of tetrazole rings is 1. The highest BCUT2D eigenvalue weighted by molar-refractivity contribution is 5.92. The molecule has 3 heterocycles. The van der Waals surface area contributed by atoms with Gasteiger partial charge in [-0.25, -0.2) is 9.48 Å². The van der Waals surface area contributed by atoms with Crippen LogP contribution in [0.3, 0.4) is 0 Å². The molecule has 0 unspecified atom stereocenters. The van der Waals surface area contributed by atoms with Gasteiger partial charge in [0.1, 0.15) is 5.54 Å². The second kappa shape index (κ2) is 18.0. The van der Waals surface area contributed by atoms with Crippen LogP contribution in [-0.2, 0) is 31.1 Å². The van der Waals surface area contributed by atoms with Gasteiger partial charge in [0.25, 0.3) is 0 Å². The Kier molecular flexibility index (Phi) is 12.0. The van der Waals surface area contributed by atoms with Crippen molar-refractivity contribution in [3.05, 3.63) is 192 Å². The molecule has 61 heavy (non-hydrogen) atoms. The number of ether oxygens (including phenoxy) is 1. The zero-order valence-electron chi connectivity index (χ0n) is 34.2. The normalized spacial score (nSPS) is 15.6. The first-order valence-electron chi connectivity index (χ1n) is 20.6. The van der Waals surface area contributed by atoms with Gasteiger partial charge >= 0.3 is 5.97 Å². The Bertz CT molecular complexity index is 2490. The summed E-state index contributed by atoms with van der Waals surface area (Å²) in [6.07, 6.45) is 5.09. The van der Waals surface area contributed by atoms with Gasteiger partial charge in [-0.05, 0) is 74.7 Å². The number of amides is 1. The molecule has 0 bridgehead atoms. The van der Waals surface area contributed by atoms with Crippen LogP contribution in [0.2, 0.25) is 0 Å². The van der Waals surface area contributed by atoms with E-state index >= 15 is 0 Å². The van der Waals surface area contributed by atoms with E-state index in [2.05, 4.69) is 51.9 Å². The average Bonchev–Trinajstić information content (AvgIpc) is 3.99. The maximum absolute atomic E-state index is 14.0. The molecule has 1 amide bonds. The number of hydrogen-bond acceptors (Lipinski definition) is 9. The minimum Gasteiger partial charge on any atom is -0.466 e. The summed E-state index contributed by atoms with van der Waals surface area (Å²) in [5.74, 6) is -0.398. The van der Waals surface area contributed by atoms with Crippen molar-refractivity contribution in [3.63, 3.8) is 0 Å². The fourth-order valence-corrected chi connectivity index (χ4v) is 8.77. The predicted octanol–water partition coefficient (Wildman–Crippen LogP) is 7.98. The van der Waals surface area contributed by atoms with Gasteiger partial charge in [0.2, 0.25) is 5.91 Å². The first-order chi connectivity index (χ1) is 29.9. The Hall–Kier alpha value is -7.11. The van der Waals surface area contributed by atoms with E-state index in [0.29, 0.717) is 37.2 Å². The van der Waals surface area contributed by atoms with Crippen molar-refractivity contribution in [2.24, 2.45) is 0 Å². The van der Waals surface area contributed by atoms with E-state index in [1.54, 1.807) is 18.5 Å². The average molecular weight is 810 g/mol. The lowest BCUT2D eigenvalue weighted by Crippen LogP contribution is -2.64. The van der Waals surface area contributed by atoms with E-state index in [-0.39, 0.29) is 24.5 Å². The summed E-state index contributed by atoms with van der Waals surface area (Å²) in [4.78, 5) is 47.4. The van der Waals surface area contributed by atoms with E-state index < -0.39 is 23.2 Å². The molecular weight excluding hydrogens is 763 g/mol. The zero-order valence-corrected chi connectivity index (χ0v) is 34.2. The number of ketones is 1. The van der Waals surface area contributed by atoms with E-state index in [9.17, 15) is 14.4 Å². The topological polar surface area (TPSA) is 132 Å². The largest absolute Gasteiger partial charge is 0.466 e. The Morgan fingerprint density at radius 2 is 1.38 bits per heavy atom. The number of esters is 1. The number of carbonyl (C=O) groups excluding carboxylic acids is 3. The standard InChI is InChI=1S/C50H47N7O4/c1-3-17-44(58)46(52-49(48(60)61-2)31-16-33-56(49)45(59)34-36-18-15-32-51-35-36)38-29-27-37(28-30-38)42-25-13-14-26-43(42)47-53-54-55-57(47)50(39-19-7-4-8-20-39,40-21-9-5-10-22-40)41-23-11-6-12-24-41/h4-15,18-30,32,35,46,52H,3,16-17,31,33-34H2,1-2H3/t46-,49-/m0/s1. The predicted molar refractivity (Wildman–Crippen MR) is 233 cm³/mol. The molecule has 1 N–H and O–H groups in total. The monoisotopic (exact) mass is 809 g/mol. The van der Waals surface area contributed by atoms with Crippen molar-refractivity contribution in [3.8, 4) is 22.5 Å². The van der Waals surface area contributed by atoms with Crippen LogP contribution in [0.5, 0.6) is 0 Å². The number of nitrogens with zero attached hydrogens (tertiary/aromatic N) is 6. The Morgan fingerprint density at radius 1 is 0.770 bits per heavy atom. The van der Waals surface area contributed by atoms with Crippen LogP contribution in [0.15, 0.2) is 164 Å². The SMILES string of the molecule is CCCC(=O)[C@@H](N[C@@]1(C(=O)OC)CCCN1C(=O)Cc1cccnc1)c1ccc(-c2ccccc2-c2nnnn2C(c2ccccc2)(c2ccccc2)c2ccccc2)cc1. The molecule has 11 nitrogen and oxygen atoms in total. The lowest BCUT2D eigenvalue weighted by Gasteiger charge is -2.39. The quantitative estimate of drug-likeness (QED) is 0.0809. The molecule has 306 valence electrons. The van der Waals surface area contributed by atoms with Crippen LogP contribution >= 0.6 is 0 Å². The number of nitrogens with one attached hydrogen (secondary N) is 1. The highest BCUT2D eigenvalue weighted by atomic mass is 16.5. The lowest BCUT2D eigenvalue weighted by atomic mass is 9.77. The summed E-state index contributed by atoms with van der Waals surface area (Å²) in [5, 5.41) is 17.2. The molecule has 2 atom stereocenters. The summed E-state index contributed by atoms with van der Waals surface area (Å²) in [6.45, 7) is 2.28. The summed E-state index contributed by atoms with van der Waals surface area (Å²) >= 11 is 0. The molecule has 8 rings (SSSR count). The minimum absolute atomic E-state index is 0.0579. The molecule has 1 fully saturated rings. The van der Waals surface area contributed by atoms with Gasteiger partial charge in [-0.3, -0.25) is 19.9 Å². The van der Waals surface area contributed by atoms with Gasteiger partial charge in [0, 0.05) is 30.9 Å². The second-order valence-electron chi connectivity index (χ2n) is 15.2. The molecule has 0 saturated carbocycles. The van der Waals surface area contributed by atoms with Crippen LogP contribution < -0.4 is 5.32 Å². The third-order valence-corrected chi connectivity index (χ3v) is 11.6. The summed E-state index contributed by atoms with van der Waals surface area (Å²) < 4.78 is 7.27. The number of pyridine rings is 1. The molecule has 0 spiro atoms. The molecular formula is C50H47N7O4. The van der Waals surface area contributed by atoms with Crippen molar-refractivity contribution in [1.82, 2.24) is 35.4 Å². The van der Waals surface area contributed by atoms with Crippen LogP contribution in [0.4, 0.5) is 0 Å². The maximum atomic E-state index is 14.0. The van der Waals surface area contributed by atoms with E-state index in [4.69, 9.17) is 15.0 Å². The Morgan fingerprint density at radius 3 is 1.95 bits per heavy atom. The summed E-state index contributed by atoms with van der Waals surface area (Å²) in [7, 11) is 1.31. The lowest BCUT2D eigenvalue weighted by molar-refractivity contribution is -0.163. The number of hydrogen-bond donors (Lipinski definition) is 1. The molecule has 0 aliphatic carbocycles. The van der Waals surface area contributed by atoms with Crippen LogP contribution in [-0.4, -0.2) is 67.1 Å². The number of rotatable bonds is 15. The summed E-state index contributed by atoms with van der Waals surface area (Å²) in [5.41, 5.74) is 4.44. The molecule has 1 saturated heterocycles. The third kappa shape index (κ3) is 7.76. The highest BCUT2D eigenvalue weighted by Crippen LogP contribution is 2.43. The van der Waals surface area contributed by atoms with Gasteiger partial charge in [0.05, 0.1) is 19.6 Å². The van der Waals surface area contributed by atoms with Crippen LogP contribution in [0.25, 0.3) is 22.5 Å². The Balaban J connectivity index is 1.19. The van der Waals surface area contributed by atoms with Crippen molar-refractivity contribution in [1.29, 1.82) is 0 Å². The van der Waals surface area contributed by atoms with E-state index in [1.807, 2.05) is 121 Å². The second-order valence-corrected chi connectivity index (χ2v) is 15.2. The van der Waals surface area contributed by atoms with Gasteiger partial charge in [-0.15, -0.1) is 5.10 Å². The van der Waals surface area contributed by atoms with Gasteiger partial charge < -0.3 is 9.64 Å². The van der Waals surface area contributed by atoms with Gasteiger partial charge in [0.15, 0.2) is 17.3 Å². The van der Waals surface area contributed by atoms with Crippen molar-refractivity contribution >= 4 is 17.7 Å². The van der Waals surface area contributed by atoms with Crippen molar-refractivity contribution in [2.45, 2.75) is 56.3 Å². The first-order valence-corrected chi connectivity index (χ1v) is 20.6.